The zero-order chi connectivity index (χ0) is 12.3. The first-order valence-electron chi connectivity index (χ1n) is 6.49. The largest absolute Gasteiger partial charge is 0.130 e. The van der Waals surface area contributed by atoms with E-state index in [0.717, 1.165) is 12.0 Å². The van der Waals surface area contributed by atoms with Crippen molar-refractivity contribution in [2.75, 3.05) is 6.26 Å². The normalized spacial score (nSPS) is 9.76. The highest BCUT2D eigenvalue weighted by Crippen LogP contribution is 2.15. The second kappa shape index (κ2) is 9.19. The average Bonchev–Trinajstić information content (AvgIpc) is 2.38. The topological polar surface area (TPSA) is 0 Å². The van der Waals surface area contributed by atoms with Crippen LogP contribution in [0.5, 0.6) is 0 Å². The minimum atomic E-state index is 1.03. The predicted octanol–water partition coefficient (Wildman–Crippen LogP) is 5.12. The minimum Gasteiger partial charge on any atom is -0.130 e. The molecule has 0 aromatic heterocycles. The van der Waals surface area contributed by atoms with Crippen molar-refractivity contribution < 1.29 is 0 Å². The van der Waals surface area contributed by atoms with Gasteiger partial charge in [0.2, 0.25) is 0 Å². The third kappa shape index (κ3) is 6.44. The van der Waals surface area contributed by atoms with Gasteiger partial charge in [-0.2, -0.15) is 0 Å². The lowest BCUT2D eigenvalue weighted by molar-refractivity contribution is 0.641. The molecule has 0 spiro atoms. The van der Waals surface area contributed by atoms with E-state index in [0.29, 0.717) is 0 Å². The van der Waals surface area contributed by atoms with Gasteiger partial charge in [0, 0.05) is 16.9 Å². The Balaban J connectivity index is 2.28. The summed E-state index contributed by atoms with van der Waals surface area (Å²) in [5.74, 6) is 6.52. The molecule has 0 nitrogen and oxygen atoms in total. The van der Waals surface area contributed by atoms with Gasteiger partial charge in [0.05, 0.1) is 0 Å². The lowest BCUT2D eigenvalue weighted by Crippen LogP contribution is -1.78. The highest BCUT2D eigenvalue weighted by Gasteiger charge is 1.90. The van der Waals surface area contributed by atoms with Crippen LogP contribution in [-0.2, 0) is 0 Å². The van der Waals surface area contributed by atoms with Gasteiger partial charge in [0.1, 0.15) is 0 Å². The van der Waals surface area contributed by atoms with Crippen molar-refractivity contribution in [2.24, 2.45) is 0 Å². The summed E-state index contributed by atoms with van der Waals surface area (Å²) in [6.45, 7) is 2.25. The molecule has 0 N–H and O–H groups in total. The maximum absolute atomic E-state index is 3.27. The van der Waals surface area contributed by atoms with E-state index < -0.39 is 0 Å². The first kappa shape index (κ1) is 14.2. The minimum absolute atomic E-state index is 1.03. The Morgan fingerprint density at radius 3 is 2.71 bits per heavy atom. The average molecular weight is 246 g/mol. The van der Waals surface area contributed by atoms with Crippen molar-refractivity contribution in [2.45, 2.75) is 50.3 Å². The maximum atomic E-state index is 3.27. The lowest BCUT2D eigenvalue weighted by atomic mass is 10.1. The molecule has 0 bridgehead atoms. The van der Waals surface area contributed by atoms with Crippen LogP contribution in [0, 0.1) is 11.8 Å². The summed E-state index contributed by atoms with van der Waals surface area (Å²) >= 11 is 1.77. The fourth-order valence-electron chi connectivity index (χ4n) is 1.68. The number of rotatable bonds is 6. The van der Waals surface area contributed by atoms with Gasteiger partial charge in [-0.25, -0.2) is 0 Å². The molecule has 1 aromatic rings. The number of hydrogen-bond acceptors (Lipinski definition) is 1. The maximum Gasteiger partial charge on any atom is 0.0256 e. The number of unbranched alkanes of at least 4 members (excludes halogenated alkanes) is 5. The van der Waals surface area contributed by atoms with Crippen LogP contribution in [0.3, 0.4) is 0 Å². The molecule has 0 radical (unpaired) electrons. The third-order valence-electron chi connectivity index (χ3n) is 2.71. The molecule has 1 aromatic carbocycles. The van der Waals surface area contributed by atoms with Crippen molar-refractivity contribution >= 4 is 11.8 Å². The van der Waals surface area contributed by atoms with Gasteiger partial charge in [-0.15, -0.1) is 11.8 Å². The molecule has 0 heterocycles. The molecule has 0 amide bonds. The molecule has 1 heteroatoms. The van der Waals surface area contributed by atoms with Crippen molar-refractivity contribution in [3.05, 3.63) is 29.8 Å². The first-order chi connectivity index (χ1) is 8.36. The van der Waals surface area contributed by atoms with E-state index in [1.54, 1.807) is 11.8 Å². The fraction of sp³-hybridized carbons (Fsp3) is 0.500. The first-order valence-corrected chi connectivity index (χ1v) is 7.72. The summed E-state index contributed by atoms with van der Waals surface area (Å²) in [5, 5.41) is 0. The van der Waals surface area contributed by atoms with Crippen LogP contribution in [0.25, 0.3) is 0 Å². The van der Waals surface area contributed by atoms with E-state index in [9.17, 15) is 0 Å². The van der Waals surface area contributed by atoms with Gasteiger partial charge in [-0.3, -0.25) is 0 Å². The molecule has 0 saturated carbocycles. The SMILES string of the molecule is CCCCCCCC#Cc1cccc(SC)c1. The predicted molar refractivity (Wildman–Crippen MR) is 78.5 cm³/mol. The molecule has 0 unspecified atom stereocenters. The van der Waals surface area contributed by atoms with Crippen LogP contribution in [0.2, 0.25) is 0 Å². The van der Waals surface area contributed by atoms with Gasteiger partial charge < -0.3 is 0 Å². The van der Waals surface area contributed by atoms with E-state index in [-0.39, 0.29) is 0 Å². The van der Waals surface area contributed by atoms with Crippen LogP contribution >= 0.6 is 11.8 Å². The molecule has 1 rings (SSSR count). The van der Waals surface area contributed by atoms with E-state index in [1.807, 2.05) is 0 Å². The summed E-state index contributed by atoms with van der Waals surface area (Å²) in [5.41, 5.74) is 1.14. The summed E-state index contributed by atoms with van der Waals surface area (Å²) in [6, 6.07) is 8.45. The van der Waals surface area contributed by atoms with Crippen molar-refractivity contribution in [3.8, 4) is 11.8 Å². The number of hydrogen-bond donors (Lipinski definition) is 0. The fourth-order valence-corrected chi connectivity index (χ4v) is 2.14. The van der Waals surface area contributed by atoms with E-state index in [1.165, 1.54) is 37.0 Å². The van der Waals surface area contributed by atoms with Gasteiger partial charge in [-0.1, -0.05) is 50.5 Å². The monoisotopic (exact) mass is 246 g/mol. The zero-order valence-electron chi connectivity index (χ0n) is 11.0. The zero-order valence-corrected chi connectivity index (χ0v) is 11.8. The summed E-state index contributed by atoms with van der Waals surface area (Å²) in [6.07, 6.45) is 9.74. The smallest absolute Gasteiger partial charge is 0.0256 e. The van der Waals surface area contributed by atoms with Crippen molar-refractivity contribution in [3.63, 3.8) is 0 Å². The molecular weight excluding hydrogens is 224 g/mol. The van der Waals surface area contributed by atoms with Crippen LogP contribution in [0.4, 0.5) is 0 Å². The van der Waals surface area contributed by atoms with Crippen molar-refractivity contribution in [1.29, 1.82) is 0 Å². The molecule has 17 heavy (non-hydrogen) atoms. The van der Waals surface area contributed by atoms with Crippen LogP contribution in [-0.4, -0.2) is 6.26 Å². The summed E-state index contributed by atoms with van der Waals surface area (Å²) in [4.78, 5) is 1.29. The van der Waals surface area contributed by atoms with Gasteiger partial charge in [-0.05, 0) is 30.9 Å². The Morgan fingerprint density at radius 1 is 1.12 bits per heavy atom. The van der Waals surface area contributed by atoms with E-state index in [2.05, 4.69) is 49.3 Å². The molecule has 0 atom stereocenters. The summed E-state index contributed by atoms with van der Waals surface area (Å²) in [7, 11) is 0. The molecule has 92 valence electrons. The van der Waals surface area contributed by atoms with E-state index >= 15 is 0 Å². The number of benzene rings is 1. The second-order valence-corrected chi connectivity index (χ2v) is 5.08. The standard InChI is InChI=1S/C16H22S/c1-3-4-5-6-7-8-9-11-15-12-10-13-16(14-15)17-2/h10,12-14H,3-8H2,1-2H3. The second-order valence-electron chi connectivity index (χ2n) is 4.20. The Morgan fingerprint density at radius 2 is 1.94 bits per heavy atom. The lowest BCUT2D eigenvalue weighted by Gasteiger charge is -1.96. The number of thioether (sulfide) groups is 1. The molecule has 0 aliphatic rings. The van der Waals surface area contributed by atoms with Crippen LogP contribution in [0.15, 0.2) is 29.2 Å². The molecular formula is C16H22S. The Kier molecular flexibility index (Phi) is 7.67. The van der Waals surface area contributed by atoms with E-state index in [4.69, 9.17) is 0 Å². The Bertz CT molecular complexity index is 371. The molecule has 0 fully saturated rings. The molecule has 0 aliphatic carbocycles. The summed E-state index contributed by atoms with van der Waals surface area (Å²) < 4.78 is 0. The molecule has 0 saturated heterocycles. The van der Waals surface area contributed by atoms with Crippen LogP contribution < -0.4 is 0 Å². The van der Waals surface area contributed by atoms with Gasteiger partial charge >= 0.3 is 0 Å². The molecule has 0 aliphatic heterocycles. The van der Waals surface area contributed by atoms with Crippen LogP contribution in [0.1, 0.15) is 51.0 Å². The quantitative estimate of drug-likeness (QED) is 0.381. The Hall–Kier alpha value is -0.870. The third-order valence-corrected chi connectivity index (χ3v) is 3.43. The van der Waals surface area contributed by atoms with Gasteiger partial charge in [0.15, 0.2) is 0 Å². The van der Waals surface area contributed by atoms with Crippen molar-refractivity contribution in [1.82, 2.24) is 0 Å². The Labute approximate surface area is 110 Å². The highest BCUT2D eigenvalue weighted by molar-refractivity contribution is 7.98. The van der Waals surface area contributed by atoms with Gasteiger partial charge in [0.25, 0.3) is 0 Å². The highest BCUT2D eigenvalue weighted by atomic mass is 32.2.